The molecule has 0 heterocycles. The van der Waals surface area contributed by atoms with E-state index in [2.05, 4.69) is 26.1 Å². The number of ether oxygens (including phenoxy) is 1. The minimum absolute atomic E-state index is 0.188. The number of rotatable bonds is 8. The zero-order valence-electron chi connectivity index (χ0n) is 14.5. The topological polar surface area (TPSA) is 78.8 Å². The molecule has 0 radical (unpaired) electrons. The van der Waals surface area contributed by atoms with Gasteiger partial charge in [0, 0.05) is 25.6 Å². The molecule has 0 bridgehead atoms. The van der Waals surface area contributed by atoms with Gasteiger partial charge in [-0.05, 0) is 36.0 Å². The van der Waals surface area contributed by atoms with E-state index in [4.69, 9.17) is 4.74 Å². The Morgan fingerprint density at radius 2 is 1.78 bits per heavy atom. The van der Waals surface area contributed by atoms with Gasteiger partial charge in [-0.2, -0.15) is 0 Å². The molecule has 130 valence electrons. The second-order valence-electron chi connectivity index (χ2n) is 6.97. The Morgan fingerprint density at radius 1 is 1.17 bits per heavy atom. The fourth-order valence-corrected chi connectivity index (χ4v) is 2.12. The zero-order chi connectivity index (χ0) is 17.5. The van der Waals surface area contributed by atoms with Crippen LogP contribution >= 0.6 is 0 Å². The van der Waals surface area contributed by atoms with E-state index in [9.17, 15) is 15.0 Å². The van der Waals surface area contributed by atoms with E-state index in [-0.39, 0.29) is 11.3 Å². The predicted octanol–water partition coefficient (Wildman–Crippen LogP) is 2.63. The van der Waals surface area contributed by atoms with Crippen molar-refractivity contribution in [3.05, 3.63) is 35.4 Å². The summed E-state index contributed by atoms with van der Waals surface area (Å²) in [6, 6.07) is 6.98. The van der Waals surface area contributed by atoms with Crippen molar-refractivity contribution in [2.45, 2.75) is 52.4 Å². The maximum Gasteiger partial charge on any atom is 0.251 e. The first-order chi connectivity index (χ1) is 10.7. The Hall–Kier alpha value is -1.43. The summed E-state index contributed by atoms with van der Waals surface area (Å²) < 4.78 is 4.70. The van der Waals surface area contributed by atoms with E-state index in [0.29, 0.717) is 24.9 Å². The first kappa shape index (κ1) is 19.6. The average Bonchev–Trinajstić information content (AvgIpc) is 2.51. The lowest BCUT2D eigenvalue weighted by Gasteiger charge is -2.20. The zero-order valence-corrected chi connectivity index (χ0v) is 14.5. The molecule has 2 unspecified atom stereocenters. The molecule has 3 N–H and O–H groups in total. The van der Waals surface area contributed by atoms with Crippen molar-refractivity contribution >= 4 is 5.91 Å². The number of amides is 1. The molecule has 0 aliphatic carbocycles. The number of carbonyl (C=O) groups is 1. The van der Waals surface area contributed by atoms with Gasteiger partial charge in [0.15, 0.2) is 6.29 Å². The number of methoxy groups -OCH3 is 1. The maximum absolute atomic E-state index is 12.0. The maximum atomic E-state index is 12.0. The third-order valence-electron chi connectivity index (χ3n) is 3.67. The van der Waals surface area contributed by atoms with Crippen molar-refractivity contribution in [1.29, 1.82) is 0 Å². The summed E-state index contributed by atoms with van der Waals surface area (Å²) in [5.41, 5.74) is 1.54. The van der Waals surface area contributed by atoms with E-state index in [1.165, 1.54) is 7.11 Å². The van der Waals surface area contributed by atoms with E-state index in [1.807, 2.05) is 0 Å². The van der Waals surface area contributed by atoms with Crippen molar-refractivity contribution in [1.82, 2.24) is 5.32 Å². The molecule has 0 saturated heterocycles. The highest BCUT2D eigenvalue weighted by Gasteiger charge is 2.15. The van der Waals surface area contributed by atoms with Gasteiger partial charge in [0.25, 0.3) is 5.91 Å². The van der Waals surface area contributed by atoms with Crippen LogP contribution in [0.5, 0.6) is 0 Å². The number of benzene rings is 1. The lowest BCUT2D eigenvalue weighted by Crippen LogP contribution is -2.27. The van der Waals surface area contributed by atoms with Gasteiger partial charge in [0.1, 0.15) is 0 Å². The largest absolute Gasteiger partial charge is 0.388 e. The first-order valence-corrected chi connectivity index (χ1v) is 8.00. The van der Waals surface area contributed by atoms with Crippen LogP contribution in [0.1, 0.15) is 62.1 Å². The van der Waals surface area contributed by atoms with Crippen LogP contribution in [-0.4, -0.2) is 36.1 Å². The van der Waals surface area contributed by atoms with Crippen LogP contribution in [0.3, 0.4) is 0 Å². The molecule has 1 rings (SSSR count). The summed E-state index contributed by atoms with van der Waals surface area (Å²) >= 11 is 0. The Kier molecular flexibility index (Phi) is 7.68. The molecular weight excluding hydrogens is 294 g/mol. The lowest BCUT2D eigenvalue weighted by atomic mass is 9.88. The summed E-state index contributed by atoms with van der Waals surface area (Å²) in [6.45, 7) is 6.78. The minimum Gasteiger partial charge on any atom is -0.388 e. The van der Waals surface area contributed by atoms with Gasteiger partial charge >= 0.3 is 0 Å². The van der Waals surface area contributed by atoms with Crippen molar-refractivity contribution in [2.75, 3.05) is 13.7 Å². The Labute approximate surface area is 138 Å². The molecule has 0 aliphatic rings. The number of carbonyl (C=O) groups excluding carboxylic acids is 1. The number of aliphatic hydroxyl groups excluding tert-OH is 2. The van der Waals surface area contributed by atoms with Gasteiger partial charge < -0.3 is 20.3 Å². The molecule has 2 atom stereocenters. The van der Waals surface area contributed by atoms with E-state index in [1.54, 1.807) is 24.3 Å². The van der Waals surface area contributed by atoms with Gasteiger partial charge in [-0.25, -0.2) is 0 Å². The monoisotopic (exact) mass is 323 g/mol. The summed E-state index contributed by atoms with van der Waals surface area (Å²) in [5, 5.41) is 22.2. The van der Waals surface area contributed by atoms with Gasteiger partial charge in [0.2, 0.25) is 0 Å². The second kappa shape index (κ2) is 9.01. The van der Waals surface area contributed by atoms with Crippen LogP contribution in [0.4, 0.5) is 0 Å². The molecule has 0 fully saturated rings. The molecule has 5 nitrogen and oxygen atoms in total. The summed E-state index contributed by atoms with van der Waals surface area (Å²) in [4.78, 5) is 12.0. The molecule has 0 aliphatic heterocycles. The normalized spacial score (nSPS) is 14.3. The number of hydrogen-bond donors (Lipinski definition) is 3. The molecule has 0 spiro atoms. The molecule has 0 saturated carbocycles. The highest BCUT2D eigenvalue weighted by molar-refractivity contribution is 5.94. The Balaban J connectivity index is 2.50. The number of hydrogen-bond acceptors (Lipinski definition) is 4. The molecule has 23 heavy (non-hydrogen) atoms. The standard InChI is InChI=1S/C18H29NO4/c1-18(2,3)11-9-15(20)13-5-7-14(8-6-13)17(22)19-12-10-16(21)23-4/h5-8,15-16,20-21H,9-12H2,1-4H3,(H,19,22). The van der Waals surface area contributed by atoms with Crippen LogP contribution in [0.15, 0.2) is 24.3 Å². The van der Waals surface area contributed by atoms with E-state index in [0.717, 1.165) is 12.0 Å². The van der Waals surface area contributed by atoms with Gasteiger partial charge in [0.05, 0.1) is 6.10 Å². The van der Waals surface area contributed by atoms with Crippen LogP contribution in [0.25, 0.3) is 0 Å². The SMILES string of the molecule is COC(O)CCNC(=O)c1ccc(C(O)CCC(C)(C)C)cc1. The molecule has 0 aromatic heterocycles. The van der Waals surface area contributed by atoms with Crippen LogP contribution in [0.2, 0.25) is 0 Å². The minimum atomic E-state index is -0.865. The molecule has 1 aromatic rings. The highest BCUT2D eigenvalue weighted by Crippen LogP contribution is 2.27. The Bertz CT molecular complexity index is 479. The molecule has 1 amide bonds. The molecule has 5 heteroatoms. The van der Waals surface area contributed by atoms with Gasteiger partial charge in [-0.15, -0.1) is 0 Å². The second-order valence-corrected chi connectivity index (χ2v) is 6.97. The average molecular weight is 323 g/mol. The highest BCUT2D eigenvalue weighted by atomic mass is 16.6. The van der Waals surface area contributed by atoms with Crippen molar-refractivity contribution in [3.63, 3.8) is 0 Å². The predicted molar refractivity (Wildman–Crippen MR) is 90.1 cm³/mol. The lowest BCUT2D eigenvalue weighted by molar-refractivity contribution is -0.0770. The molecular formula is C18H29NO4. The van der Waals surface area contributed by atoms with Crippen molar-refractivity contribution in [2.24, 2.45) is 5.41 Å². The summed E-state index contributed by atoms with van der Waals surface area (Å²) in [6.07, 6.45) is 0.590. The van der Waals surface area contributed by atoms with Crippen LogP contribution in [-0.2, 0) is 4.74 Å². The van der Waals surface area contributed by atoms with Crippen LogP contribution in [0, 0.1) is 5.41 Å². The van der Waals surface area contributed by atoms with Crippen LogP contribution < -0.4 is 5.32 Å². The molecule has 1 aromatic carbocycles. The van der Waals surface area contributed by atoms with Crippen molar-refractivity contribution < 1.29 is 19.7 Å². The third-order valence-corrected chi connectivity index (χ3v) is 3.67. The van der Waals surface area contributed by atoms with E-state index < -0.39 is 12.4 Å². The fraction of sp³-hybridized carbons (Fsp3) is 0.611. The third kappa shape index (κ3) is 7.59. The summed E-state index contributed by atoms with van der Waals surface area (Å²) in [7, 11) is 1.41. The first-order valence-electron chi connectivity index (χ1n) is 8.00. The summed E-state index contributed by atoms with van der Waals surface area (Å²) in [5.74, 6) is -0.205. The van der Waals surface area contributed by atoms with Gasteiger partial charge in [-0.3, -0.25) is 4.79 Å². The Morgan fingerprint density at radius 3 is 2.30 bits per heavy atom. The quantitative estimate of drug-likeness (QED) is 0.643. The van der Waals surface area contributed by atoms with Gasteiger partial charge in [-0.1, -0.05) is 32.9 Å². The number of nitrogens with one attached hydrogen (secondary N) is 1. The smallest absolute Gasteiger partial charge is 0.251 e. The fourth-order valence-electron chi connectivity index (χ4n) is 2.12. The number of aliphatic hydroxyl groups is 2. The van der Waals surface area contributed by atoms with E-state index >= 15 is 0 Å². The van der Waals surface area contributed by atoms with Crippen molar-refractivity contribution in [3.8, 4) is 0 Å².